The minimum atomic E-state index is -0.361. The average Bonchev–Trinajstić information content (AvgIpc) is 2.27. The number of carbonyl (C=O) groups is 2. The number of ether oxygens (including phenoxy) is 2. The van der Waals surface area contributed by atoms with E-state index in [2.05, 4.69) is 0 Å². The highest BCUT2D eigenvalue weighted by atomic mass is 16.5. The van der Waals surface area contributed by atoms with Crippen molar-refractivity contribution in [2.45, 2.75) is 13.8 Å². The fraction of sp³-hybridized carbons (Fsp3) is 0.333. The first-order valence-electron chi connectivity index (χ1n) is 5.03. The lowest BCUT2D eigenvalue weighted by Gasteiger charge is -2.05. The van der Waals surface area contributed by atoms with Crippen molar-refractivity contribution in [2.75, 3.05) is 13.2 Å². The molecule has 0 unspecified atom stereocenters. The highest BCUT2D eigenvalue weighted by Crippen LogP contribution is 2.12. The quantitative estimate of drug-likeness (QED) is 0.713. The highest BCUT2D eigenvalue weighted by molar-refractivity contribution is 5.89. The van der Waals surface area contributed by atoms with Crippen molar-refractivity contribution in [3.63, 3.8) is 0 Å². The Hall–Kier alpha value is -1.84. The average molecular weight is 222 g/mol. The summed E-state index contributed by atoms with van der Waals surface area (Å²) >= 11 is 0. The van der Waals surface area contributed by atoms with Crippen LogP contribution < -0.4 is 4.74 Å². The van der Waals surface area contributed by atoms with Gasteiger partial charge in [0.2, 0.25) is 0 Å². The topological polar surface area (TPSA) is 52.6 Å². The van der Waals surface area contributed by atoms with Crippen LogP contribution in [0.3, 0.4) is 0 Å². The van der Waals surface area contributed by atoms with E-state index in [0.717, 1.165) is 0 Å². The maximum atomic E-state index is 11.3. The number of Topliss-reactive ketones (excluding diaryl/α,β-unsaturated/α-hetero) is 1. The highest BCUT2D eigenvalue weighted by Gasteiger charge is 2.05. The lowest BCUT2D eigenvalue weighted by molar-refractivity contribution is -0.118. The van der Waals surface area contributed by atoms with Crippen LogP contribution in [0.25, 0.3) is 0 Å². The molecule has 0 aliphatic carbocycles. The monoisotopic (exact) mass is 222 g/mol. The second kappa shape index (κ2) is 5.90. The Labute approximate surface area is 94.2 Å². The predicted molar refractivity (Wildman–Crippen MR) is 58.6 cm³/mol. The van der Waals surface area contributed by atoms with Gasteiger partial charge in [-0.2, -0.15) is 0 Å². The van der Waals surface area contributed by atoms with E-state index in [4.69, 9.17) is 9.47 Å². The molecule has 1 rings (SSSR count). The lowest BCUT2D eigenvalue weighted by atomic mass is 10.2. The fourth-order valence-corrected chi connectivity index (χ4v) is 1.09. The predicted octanol–water partition coefficient (Wildman–Crippen LogP) is 1.83. The molecule has 0 radical (unpaired) electrons. The Morgan fingerprint density at radius 1 is 1.19 bits per heavy atom. The molecule has 4 nitrogen and oxygen atoms in total. The van der Waals surface area contributed by atoms with Crippen molar-refractivity contribution in [3.8, 4) is 5.75 Å². The van der Waals surface area contributed by atoms with E-state index in [1.54, 1.807) is 31.2 Å². The minimum Gasteiger partial charge on any atom is -0.486 e. The van der Waals surface area contributed by atoms with Gasteiger partial charge in [0, 0.05) is 0 Å². The Morgan fingerprint density at radius 2 is 1.81 bits per heavy atom. The van der Waals surface area contributed by atoms with E-state index in [1.807, 2.05) is 0 Å². The molecule has 0 spiro atoms. The smallest absolute Gasteiger partial charge is 0.338 e. The van der Waals surface area contributed by atoms with E-state index in [0.29, 0.717) is 17.9 Å². The maximum Gasteiger partial charge on any atom is 0.338 e. The van der Waals surface area contributed by atoms with Crippen LogP contribution in [0, 0.1) is 0 Å². The molecule has 0 aliphatic rings. The summed E-state index contributed by atoms with van der Waals surface area (Å²) in [4.78, 5) is 22.0. The zero-order valence-electron chi connectivity index (χ0n) is 9.36. The van der Waals surface area contributed by atoms with Crippen molar-refractivity contribution in [2.24, 2.45) is 0 Å². The van der Waals surface area contributed by atoms with E-state index in [1.165, 1.54) is 6.92 Å². The Kier molecular flexibility index (Phi) is 4.51. The molecule has 16 heavy (non-hydrogen) atoms. The van der Waals surface area contributed by atoms with Gasteiger partial charge in [-0.15, -0.1) is 0 Å². The van der Waals surface area contributed by atoms with Gasteiger partial charge >= 0.3 is 5.97 Å². The summed E-state index contributed by atoms with van der Waals surface area (Å²) in [7, 11) is 0. The molecule has 0 N–H and O–H groups in total. The van der Waals surface area contributed by atoms with Gasteiger partial charge in [0.05, 0.1) is 12.2 Å². The largest absolute Gasteiger partial charge is 0.486 e. The van der Waals surface area contributed by atoms with Crippen molar-refractivity contribution in [3.05, 3.63) is 29.8 Å². The summed E-state index contributed by atoms with van der Waals surface area (Å²) in [5, 5.41) is 0. The third-order valence-electron chi connectivity index (χ3n) is 1.81. The number of carbonyl (C=O) groups excluding carboxylic acids is 2. The SMILES string of the molecule is CCOC(=O)c1ccc(OCC(C)=O)cc1. The van der Waals surface area contributed by atoms with Gasteiger partial charge in [-0.1, -0.05) is 0 Å². The van der Waals surface area contributed by atoms with Crippen LogP contribution in [0.1, 0.15) is 24.2 Å². The zero-order valence-corrected chi connectivity index (χ0v) is 9.36. The van der Waals surface area contributed by atoms with Crippen molar-refractivity contribution in [1.82, 2.24) is 0 Å². The molecule has 0 bridgehead atoms. The molecular formula is C12H14O4. The van der Waals surface area contributed by atoms with Crippen molar-refractivity contribution < 1.29 is 19.1 Å². The number of hydrogen-bond acceptors (Lipinski definition) is 4. The standard InChI is InChI=1S/C12H14O4/c1-3-15-12(14)10-4-6-11(7-5-10)16-8-9(2)13/h4-7H,3,8H2,1-2H3. The van der Waals surface area contributed by atoms with Gasteiger partial charge < -0.3 is 9.47 Å². The molecule has 0 saturated carbocycles. The van der Waals surface area contributed by atoms with Gasteiger partial charge in [-0.3, -0.25) is 4.79 Å². The van der Waals surface area contributed by atoms with E-state index in [9.17, 15) is 9.59 Å². The molecule has 0 fully saturated rings. The number of ketones is 1. The van der Waals surface area contributed by atoms with E-state index in [-0.39, 0.29) is 18.4 Å². The molecule has 0 atom stereocenters. The second-order valence-electron chi connectivity index (χ2n) is 3.24. The van der Waals surface area contributed by atoms with Crippen molar-refractivity contribution in [1.29, 1.82) is 0 Å². The summed E-state index contributed by atoms with van der Waals surface area (Å²) < 4.78 is 9.99. The van der Waals surface area contributed by atoms with Gasteiger partial charge in [0.15, 0.2) is 5.78 Å². The molecule has 1 aromatic carbocycles. The van der Waals surface area contributed by atoms with Crippen LogP contribution >= 0.6 is 0 Å². The summed E-state index contributed by atoms with van der Waals surface area (Å²) in [5.74, 6) is 0.151. The molecule has 86 valence electrons. The molecule has 0 amide bonds. The third-order valence-corrected chi connectivity index (χ3v) is 1.81. The summed E-state index contributed by atoms with van der Waals surface area (Å²) in [5.41, 5.74) is 0.469. The molecule has 1 aromatic rings. The van der Waals surface area contributed by atoms with Gasteiger partial charge in [-0.05, 0) is 38.1 Å². The molecule has 0 aliphatic heterocycles. The molecule has 4 heteroatoms. The van der Waals surface area contributed by atoms with Crippen molar-refractivity contribution >= 4 is 11.8 Å². The minimum absolute atomic E-state index is 0.0404. The summed E-state index contributed by atoms with van der Waals surface area (Å²) in [6, 6.07) is 6.48. The molecule has 0 heterocycles. The first kappa shape index (κ1) is 12.2. The summed E-state index contributed by atoms with van der Waals surface area (Å²) in [6.45, 7) is 3.59. The van der Waals surface area contributed by atoms with Crippen LogP contribution in [0.5, 0.6) is 5.75 Å². The van der Waals surface area contributed by atoms with Crippen LogP contribution in [0.4, 0.5) is 0 Å². The first-order chi connectivity index (χ1) is 7.63. The number of benzene rings is 1. The lowest BCUT2D eigenvalue weighted by Crippen LogP contribution is -2.07. The third kappa shape index (κ3) is 3.73. The molecule has 0 aromatic heterocycles. The van der Waals surface area contributed by atoms with Gasteiger partial charge in [0.1, 0.15) is 12.4 Å². The molecule has 0 saturated heterocycles. The number of esters is 1. The Balaban J connectivity index is 2.60. The van der Waals surface area contributed by atoms with Crippen LogP contribution in [0.15, 0.2) is 24.3 Å². The van der Waals surface area contributed by atoms with Crippen LogP contribution in [-0.4, -0.2) is 25.0 Å². The zero-order chi connectivity index (χ0) is 12.0. The maximum absolute atomic E-state index is 11.3. The van der Waals surface area contributed by atoms with Gasteiger partial charge in [-0.25, -0.2) is 4.79 Å². The molecular weight excluding hydrogens is 208 g/mol. The fourth-order valence-electron chi connectivity index (χ4n) is 1.09. The number of hydrogen-bond donors (Lipinski definition) is 0. The van der Waals surface area contributed by atoms with Crippen LogP contribution in [-0.2, 0) is 9.53 Å². The summed E-state index contributed by atoms with van der Waals surface area (Å²) in [6.07, 6.45) is 0. The Morgan fingerprint density at radius 3 is 2.31 bits per heavy atom. The number of rotatable bonds is 5. The second-order valence-corrected chi connectivity index (χ2v) is 3.24. The van der Waals surface area contributed by atoms with Gasteiger partial charge in [0.25, 0.3) is 0 Å². The Bertz CT molecular complexity index is 367. The van der Waals surface area contributed by atoms with E-state index < -0.39 is 0 Å². The normalized spacial score (nSPS) is 9.62. The van der Waals surface area contributed by atoms with E-state index >= 15 is 0 Å². The van der Waals surface area contributed by atoms with Crippen LogP contribution in [0.2, 0.25) is 0 Å². The first-order valence-corrected chi connectivity index (χ1v) is 5.03.